The van der Waals surface area contributed by atoms with Crippen molar-refractivity contribution in [2.24, 2.45) is 11.7 Å². The van der Waals surface area contributed by atoms with Crippen LogP contribution in [0.4, 0.5) is 0 Å². The fraction of sp³-hybridized carbons (Fsp3) is 1.00. The van der Waals surface area contributed by atoms with Gasteiger partial charge in [-0.3, -0.25) is 0 Å². The van der Waals surface area contributed by atoms with Crippen LogP contribution in [0.1, 0.15) is 38.5 Å². The molecular weight excluding hydrogens is 166 g/mol. The summed E-state index contributed by atoms with van der Waals surface area (Å²) in [5.41, 5.74) is 6.12. The van der Waals surface area contributed by atoms with E-state index in [2.05, 4.69) is 6.26 Å². The minimum atomic E-state index is 0.484. The molecule has 0 aromatic heterocycles. The van der Waals surface area contributed by atoms with Gasteiger partial charge in [0.25, 0.3) is 0 Å². The van der Waals surface area contributed by atoms with Gasteiger partial charge >= 0.3 is 0 Å². The number of nitrogens with two attached hydrogens (primary N) is 1. The van der Waals surface area contributed by atoms with Gasteiger partial charge in [-0.1, -0.05) is 19.3 Å². The van der Waals surface area contributed by atoms with Crippen molar-refractivity contribution in [3.63, 3.8) is 0 Å². The largest absolute Gasteiger partial charge is 0.327 e. The minimum Gasteiger partial charge on any atom is -0.327 e. The lowest BCUT2D eigenvalue weighted by atomic mass is 9.83. The van der Waals surface area contributed by atoms with Gasteiger partial charge in [-0.05, 0) is 37.2 Å². The second kappa shape index (κ2) is 5.87. The molecule has 2 N–H and O–H groups in total. The number of thioether (sulfide) groups is 1. The van der Waals surface area contributed by atoms with Crippen molar-refractivity contribution in [1.29, 1.82) is 0 Å². The third-order valence-electron chi connectivity index (χ3n) is 2.91. The standard InChI is InChI=1S/C10H21NS/c1-12-8-7-10(11)9-5-3-2-4-6-9/h9-10H,2-8,11H2,1H3. The second-order valence-electron chi connectivity index (χ2n) is 3.84. The van der Waals surface area contributed by atoms with Gasteiger partial charge in [-0.15, -0.1) is 0 Å². The first-order valence-corrected chi connectivity index (χ1v) is 6.48. The highest BCUT2D eigenvalue weighted by Gasteiger charge is 2.19. The fourth-order valence-corrected chi connectivity index (χ4v) is 2.56. The lowest BCUT2D eigenvalue weighted by molar-refractivity contribution is 0.301. The van der Waals surface area contributed by atoms with Gasteiger partial charge in [0.2, 0.25) is 0 Å². The Labute approximate surface area is 80.5 Å². The van der Waals surface area contributed by atoms with E-state index in [4.69, 9.17) is 5.73 Å². The molecule has 1 saturated carbocycles. The zero-order valence-corrected chi connectivity index (χ0v) is 8.91. The molecule has 0 amide bonds. The van der Waals surface area contributed by atoms with Crippen molar-refractivity contribution in [2.45, 2.75) is 44.6 Å². The van der Waals surface area contributed by atoms with E-state index in [-0.39, 0.29) is 0 Å². The maximum atomic E-state index is 6.12. The number of rotatable bonds is 4. The molecule has 0 saturated heterocycles. The van der Waals surface area contributed by atoms with E-state index >= 15 is 0 Å². The molecule has 2 heteroatoms. The van der Waals surface area contributed by atoms with E-state index < -0.39 is 0 Å². The van der Waals surface area contributed by atoms with E-state index in [1.807, 2.05) is 11.8 Å². The van der Waals surface area contributed by atoms with E-state index in [9.17, 15) is 0 Å². The smallest absolute Gasteiger partial charge is 0.00750 e. The van der Waals surface area contributed by atoms with Crippen LogP contribution in [0.5, 0.6) is 0 Å². The van der Waals surface area contributed by atoms with Crippen LogP contribution in [0.3, 0.4) is 0 Å². The Hall–Kier alpha value is 0.310. The predicted octanol–water partition coefficient (Wildman–Crippen LogP) is 2.65. The lowest BCUT2D eigenvalue weighted by Crippen LogP contribution is -2.32. The zero-order valence-electron chi connectivity index (χ0n) is 8.09. The Morgan fingerprint density at radius 2 is 2.00 bits per heavy atom. The van der Waals surface area contributed by atoms with Gasteiger partial charge in [0, 0.05) is 6.04 Å². The van der Waals surface area contributed by atoms with Crippen LogP contribution in [0, 0.1) is 5.92 Å². The molecule has 1 aliphatic rings. The van der Waals surface area contributed by atoms with E-state index in [1.165, 1.54) is 44.3 Å². The molecule has 1 nitrogen and oxygen atoms in total. The molecule has 1 fully saturated rings. The Balaban J connectivity index is 2.15. The van der Waals surface area contributed by atoms with Crippen LogP contribution in [-0.2, 0) is 0 Å². The summed E-state index contributed by atoms with van der Waals surface area (Å²) in [5, 5.41) is 0. The summed E-state index contributed by atoms with van der Waals surface area (Å²) >= 11 is 1.91. The summed E-state index contributed by atoms with van der Waals surface area (Å²) in [6.07, 6.45) is 10.4. The second-order valence-corrected chi connectivity index (χ2v) is 4.83. The molecule has 0 aromatic rings. The van der Waals surface area contributed by atoms with Crippen LogP contribution < -0.4 is 5.73 Å². The molecule has 1 atom stereocenters. The quantitative estimate of drug-likeness (QED) is 0.732. The molecule has 1 aliphatic carbocycles. The molecule has 0 bridgehead atoms. The van der Waals surface area contributed by atoms with Crippen molar-refractivity contribution in [3.05, 3.63) is 0 Å². The summed E-state index contributed by atoms with van der Waals surface area (Å²) in [5.74, 6) is 2.07. The molecule has 0 aromatic carbocycles. The normalized spacial score (nSPS) is 22.5. The first-order valence-electron chi connectivity index (χ1n) is 5.09. The van der Waals surface area contributed by atoms with Crippen molar-refractivity contribution in [1.82, 2.24) is 0 Å². The first kappa shape index (κ1) is 10.4. The van der Waals surface area contributed by atoms with Gasteiger partial charge in [-0.2, -0.15) is 11.8 Å². The monoisotopic (exact) mass is 187 g/mol. The van der Waals surface area contributed by atoms with Gasteiger partial charge < -0.3 is 5.73 Å². The Bertz CT molecular complexity index is 110. The summed E-state index contributed by atoms with van der Waals surface area (Å²) in [4.78, 5) is 0. The molecule has 72 valence electrons. The van der Waals surface area contributed by atoms with E-state index in [0.29, 0.717) is 6.04 Å². The van der Waals surface area contributed by atoms with Gasteiger partial charge in [-0.25, -0.2) is 0 Å². The SMILES string of the molecule is CSCCC(N)C1CCCCC1. The van der Waals surface area contributed by atoms with Crippen LogP contribution in [0.2, 0.25) is 0 Å². The van der Waals surface area contributed by atoms with E-state index in [1.54, 1.807) is 0 Å². The highest BCUT2D eigenvalue weighted by Crippen LogP contribution is 2.27. The predicted molar refractivity (Wildman–Crippen MR) is 57.5 cm³/mol. The highest BCUT2D eigenvalue weighted by atomic mass is 32.2. The van der Waals surface area contributed by atoms with E-state index in [0.717, 1.165) is 5.92 Å². The highest BCUT2D eigenvalue weighted by molar-refractivity contribution is 7.98. The number of hydrogen-bond acceptors (Lipinski definition) is 2. The molecule has 0 aliphatic heterocycles. The first-order chi connectivity index (χ1) is 5.84. The van der Waals surface area contributed by atoms with Crippen LogP contribution in [-0.4, -0.2) is 18.1 Å². The molecule has 0 spiro atoms. The Kier molecular flexibility index (Phi) is 5.08. The summed E-state index contributed by atoms with van der Waals surface area (Å²) in [7, 11) is 0. The molecule has 1 rings (SSSR count). The maximum absolute atomic E-state index is 6.12. The van der Waals surface area contributed by atoms with Crippen LogP contribution >= 0.6 is 11.8 Å². The molecule has 0 radical (unpaired) electrons. The van der Waals surface area contributed by atoms with Gasteiger partial charge in [0.1, 0.15) is 0 Å². The van der Waals surface area contributed by atoms with Gasteiger partial charge in [0.05, 0.1) is 0 Å². The molecule has 0 heterocycles. The summed E-state index contributed by atoms with van der Waals surface area (Å²) < 4.78 is 0. The van der Waals surface area contributed by atoms with Crippen molar-refractivity contribution >= 4 is 11.8 Å². The number of hydrogen-bond donors (Lipinski definition) is 1. The zero-order chi connectivity index (χ0) is 8.81. The van der Waals surface area contributed by atoms with Crippen LogP contribution in [0.15, 0.2) is 0 Å². The lowest BCUT2D eigenvalue weighted by Gasteiger charge is -2.27. The maximum Gasteiger partial charge on any atom is 0.00750 e. The third kappa shape index (κ3) is 3.36. The van der Waals surface area contributed by atoms with Crippen molar-refractivity contribution in [3.8, 4) is 0 Å². The molecule has 1 unspecified atom stereocenters. The Morgan fingerprint density at radius 1 is 1.33 bits per heavy atom. The summed E-state index contributed by atoms with van der Waals surface area (Å²) in [6, 6.07) is 0.484. The molecule has 12 heavy (non-hydrogen) atoms. The minimum absolute atomic E-state index is 0.484. The molecular formula is C10H21NS. The van der Waals surface area contributed by atoms with Crippen molar-refractivity contribution < 1.29 is 0 Å². The third-order valence-corrected chi connectivity index (χ3v) is 3.55. The topological polar surface area (TPSA) is 26.0 Å². The van der Waals surface area contributed by atoms with Crippen molar-refractivity contribution in [2.75, 3.05) is 12.0 Å². The van der Waals surface area contributed by atoms with Gasteiger partial charge in [0.15, 0.2) is 0 Å². The fourth-order valence-electron chi connectivity index (χ4n) is 2.05. The average Bonchev–Trinajstić information content (AvgIpc) is 2.15. The van der Waals surface area contributed by atoms with Crippen LogP contribution in [0.25, 0.3) is 0 Å². The summed E-state index contributed by atoms with van der Waals surface area (Å²) in [6.45, 7) is 0. The Morgan fingerprint density at radius 3 is 2.58 bits per heavy atom. The average molecular weight is 187 g/mol.